The molecule has 120 valence electrons. The van der Waals surface area contributed by atoms with Gasteiger partial charge in [-0.25, -0.2) is 0 Å². The van der Waals surface area contributed by atoms with Gasteiger partial charge in [-0.1, -0.05) is 25.3 Å². The van der Waals surface area contributed by atoms with Crippen LogP contribution in [0.4, 0.5) is 5.69 Å². The molecule has 1 aliphatic rings. The molecule has 0 aromatic heterocycles. The highest BCUT2D eigenvalue weighted by molar-refractivity contribution is 5.96. The fourth-order valence-corrected chi connectivity index (χ4v) is 3.16. The summed E-state index contributed by atoms with van der Waals surface area (Å²) < 4.78 is 0. The van der Waals surface area contributed by atoms with Gasteiger partial charge in [-0.05, 0) is 25.8 Å². The van der Waals surface area contributed by atoms with Gasteiger partial charge in [0.15, 0.2) is 0 Å². The Labute approximate surface area is 129 Å². The van der Waals surface area contributed by atoms with Gasteiger partial charge in [0.1, 0.15) is 0 Å². The summed E-state index contributed by atoms with van der Waals surface area (Å²) in [4.78, 5) is 25.1. The number of hydrogen-bond donors (Lipinski definition) is 1. The van der Waals surface area contributed by atoms with Crippen molar-refractivity contribution >= 4 is 11.6 Å². The van der Waals surface area contributed by atoms with E-state index in [1.165, 1.54) is 18.6 Å². The number of nitro groups is 1. The average molecular weight is 306 g/mol. The van der Waals surface area contributed by atoms with Gasteiger partial charge in [-0.15, -0.1) is 0 Å². The molecule has 6 nitrogen and oxygen atoms in total. The quantitative estimate of drug-likeness (QED) is 0.669. The third kappa shape index (κ3) is 3.44. The van der Waals surface area contributed by atoms with Crippen molar-refractivity contribution in [1.29, 1.82) is 0 Å². The lowest BCUT2D eigenvalue weighted by atomic mass is 9.93. The summed E-state index contributed by atoms with van der Waals surface area (Å²) in [5, 5.41) is 20.3. The Bertz CT molecular complexity index is 553. The molecule has 1 fully saturated rings. The Kier molecular flexibility index (Phi) is 5.49. The number of benzene rings is 1. The maximum Gasteiger partial charge on any atom is 0.273 e. The molecule has 1 saturated carbocycles. The summed E-state index contributed by atoms with van der Waals surface area (Å²) in [5.41, 5.74) is 0.697. The molecular weight excluding hydrogens is 284 g/mol. The molecule has 0 saturated heterocycles. The number of aliphatic hydroxyl groups excluding tert-OH is 1. The normalized spacial score (nSPS) is 15.5. The van der Waals surface area contributed by atoms with Crippen molar-refractivity contribution in [1.82, 2.24) is 4.90 Å². The largest absolute Gasteiger partial charge is 0.395 e. The SMILES string of the molecule is Cc1c(C(=O)N(CCO)C2CCCCC2)cccc1[N+](=O)[O-]. The molecule has 2 rings (SSSR count). The van der Waals surface area contributed by atoms with Crippen LogP contribution in [0.2, 0.25) is 0 Å². The van der Waals surface area contributed by atoms with Crippen LogP contribution >= 0.6 is 0 Å². The first-order valence-electron chi connectivity index (χ1n) is 7.72. The van der Waals surface area contributed by atoms with Crippen LogP contribution in [0.25, 0.3) is 0 Å². The lowest BCUT2D eigenvalue weighted by Gasteiger charge is -2.34. The van der Waals surface area contributed by atoms with E-state index in [1.807, 2.05) is 0 Å². The van der Waals surface area contributed by atoms with Crippen LogP contribution in [0.3, 0.4) is 0 Å². The van der Waals surface area contributed by atoms with Crippen molar-refractivity contribution in [2.75, 3.05) is 13.2 Å². The van der Waals surface area contributed by atoms with Crippen molar-refractivity contribution < 1.29 is 14.8 Å². The average Bonchev–Trinajstić information content (AvgIpc) is 2.52. The highest BCUT2D eigenvalue weighted by Crippen LogP contribution is 2.27. The molecule has 1 N–H and O–H groups in total. The molecule has 1 aliphatic carbocycles. The molecule has 0 unspecified atom stereocenters. The van der Waals surface area contributed by atoms with E-state index in [1.54, 1.807) is 17.9 Å². The van der Waals surface area contributed by atoms with Crippen LogP contribution in [0.5, 0.6) is 0 Å². The summed E-state index contributed by atoms with van der Waals surface area (Å²) >= 11 is 0. The Morgan fingerprint density at radius 1 is 1.36 bits per heavy atom. The highest BCUT2D eigenvalue weighted by Gasteiger charge is 2.28. The molecule has 1 amide bonds. The second kappa shape index (κ2) is 7.35. The van der Waals surface area contributed by atoms with Gasteiger partial charge in [0, 0.05) is 29.8 Å². The molecular formula is C16H22N2O4. The van der Waals surface area contributed by atoms with Crippen LogP contribution in [-0.2, 0) is 0 Å². The van der Waals surface area contributed by atoms with Gasteiger partial charge in [0.25, 0.3) is 11.6 Å². The Morgan fingerprint density at radius 2 is 2.05 bits per heavy atom. The topological polar surface area (TPSA) is 83.7 Å². The van der Waals surface area contributed by atoms with Crippen molar-refractivity contribution in [2.45, 2.75) is 45.1 Å². The van der Waals surface area contributed by atoms with Gasteiger partial charge < -0.3 is 10.0 Å². The number of aliphatic hydroxyl groups is 1. The fourth-order valence-electron chi connectivity index (χ4n) is 3.16. The van der Waals surface area contributed by atoms with E-state index in [2.05, 4.69) is 0 Å². The van der Waals surface area contributed by atoms with E-state index in [9.17, 15) is 20.0 Å². The summed E-state index contributed by atoms with van der Waals surface area (Å²) in [7, 11) is 0. The van der Waals surface area contributed by atoms with Crippen LogP contribution in [0.15, 0.2) is 18.2 Å². The number of nitro benzene ring substituents is 1. The highest BCUT2D eigenvalue weighted by atomic mass is 16.6. The minimum Gasteiger partial charge on any atom is -0.395 e. The van der Waals surface area contributed by atoms with E-state index >= 15 is 0 Å². The first-order valence-corrected chi connectivity index (χ1v) is 7.72. The number of carbonyl (C=O) groups excluding carboxylic acids is 1. The Morgan fingerprint density at radius 3 is 2.64 bits per heavy atom. The number of carbonyl (C=O) groups is 1. The monoisotopic (exact) mass is 306 g/mol. The molecule has 0 radical (unpaired) electrons. The molecule has 1 aromatic carbocycles. The summed E-state index contributed by atoms with van der Waals surface area (Å²) in [6, 6.07) is 4.68. The molecule has 0 aliphatic heterocycles. The van der Waals surface area contributed by atoms with E-state index in [0.717, 1.165) is 25.7 Å². The van der Waals surface area contributed by atoms with Gasteiger partial charge in [-0.2, -0.15) is 0 Å². The van der Waals surface area contributed by atoms with Gasteiger partial charge in [0.2, 0.25) is 0 Å². The lowest BCUT2D eigenvalue weighted by molar-refractivity contribution is -0.385. The van der Waals surface area contributed by atoms with E-state index in [-0.39, 0.29) is 30.8 Å². The third-order valence-electron chi connectivity index (χ3n) is 4.35. The van der Waals surface area contributed by atoms with E-state index in [0.29, 0.717) is 11.1 Å². The van der Waals surface area contributed by atoms with Crippen LogP contribution < -0.4 is 0 Å². The zero-order chi connectivity index (χ0) is 16.1. The molecule has 6 heteroatoms. The molecule has 0 atom stereocenters. The first kappa shape index (κ1) is 16.4. The molecule has 1 aromatic rings. The summed E-state index contributed by atoms with van der Waals surface area (Å²) in [5.74, 6) is -0.220. The van der Waals surface area contributed by atoms with Crippen molar-refractivity contribution in [3.8, 4) is 0 Å². The number of hydrogen-bond acceptors (Lipinski definition) is 4. The number of nitrogens with zero attached hydrogens (tertiary/aromatic N) is 2. The van der Waals surface area contributed by atoms with Crippen LogP contribution in [0.1, 0.15) is 48.0 Å². The zero-order valence-corrected chi connectivity index (χ0v) is 12.8. The summed E-state index contributed by atoms with van der Waals surface area (Å²) in [6.07, 6.45) is 5.19. The number of amides is 1. The van der Waals surface area contributed by atoms with Crippen molar-refractivity contribution in [3.63, 3.8) is 0 Å². The van der Waals surface area contributed by atoms with Crippen molar-refractivity contribution in [2.24, 2.45) is 0 Å². The Balaban J connectivity index is 2.30. The molecule has 0 spiro atoms. The third-order valence-corrected chi connectivity index (χ3v) is 4.35. The van der Waals surface area contributed by atoms with Gasteiger partial charge in [-0.3, -0.25) is 14.9 Å². The van der Waals surface area contributed by atoms with Gasteiger partial charge in [0.05, 0.1) is 11.5 Å². The summed E-state index contributed by atoms with van der Waals surface area (Å²) in [6.45, 7) is 1.77. The molecule has 0 bridgehead atoms. The number of rotatable bonds is 5. The minimum atomic E-state index is -0.469. The predicted molar refractivity (Wildman–Crippen MR) is 82.8 cm³/mol. The fraction of sp³-hybridized carbons (Fsp3) is 0.562. The van der Waals surface area contributed by atoms with E-state index in [4.69, 9.17) is 0 Å². The Hall–Kier alpha value is -1.95. The second-order valence-corrected chi connectivity index (χ2v) is 5.72. The predicted octanol–water partition coefficient (Wildman–Crippen LogP) is 2.67. The second-order valence-electron chi connectivity index (χ2n) is 5.72. The lowest BCUT2D eigenvalue weighted by Crippen LogP contribution is -2.43. The first-order chi connectivity index (χ1) is 10.6. The molecule has 22 heavy (non-hydrogen) atoms. The smallest absolute Gasteiger partial charge is 0.273 e. The molecule has 0 heterocycles. The minimum absolute atomic E-state index is 0.0431. The van der Waals surface area contributed by atoms with E-state index < -0.39 is 4.92 Å². The maximum atomic E-state index is 12.8. The van der Waals surface area contributed by atoms with Crippen LogP contribution in [-0.4, -0.2) is 40.0 Å². The van der Waals surface area contributed by atoms with Crippen molar-refractivity contribution in [3.05, 3.63) is 39.4 Å². The standard InChI is InChI=1S/C16H22N2O4/c1-12-14(8-5-9-15(12)18(21)22)16(20)17(10-11-19)13-6-3-2-4-7-13/h5,8-9,13,19H,2-4,6-7,10-11H2,1H3. The maximum absolute atomic E-state index is 12.8. The zero-order valence-electron chi connectivity index (χ0n) is 12.8. The van der Waals surface area contributed by atoms with Crippen LogP contribution in [0, 0.1) is 17.0 Å². The van der Waals surface area contributed by atoms with Gasteiger partial charge >= 0.3 is 0 Å².